The first-order valence-electron chi connectivity index (χ1n) is 7.89. The molecule has 1 aromatic heterocycles. The van der Waals surface area contributed by atoms with Crippen LogP contribution >= 0.6 is 12.8 Å². The smallest absolute Gasteiger partial charge is 0.410 e. The van der Waals surface area contributed by atoms with Crippen molar-refractivity contribution in [1.82, 2.24) is 24.3 Å². The molecule has 1 atom stereocenters. The van der Waals surface area contributed by atoms with Crippen LogP contribution in [0.2, 0.25) is 0 Å². The van der Waals surface area contributed by atoms with E-state index in [-0.39, 0.29) is 17.8 Å². The standard InChI is InChI=1S/C15H23N5O4S/c1-10-16-11(9-21)7-19(10)13(22)17-20(25)12-5-6-18(8-12)14(23)24-15(2,3)4/h7,9,12,25H,5-6,8H2,1-4H3,(H,17,22). The zero-order valence-electron chi connectivity index (χ0n) is 14.7. The maximum atomic E-state index is 12.3. The van der Waals surface area contributed by atoms with Crippen molar-refractivity contribution in [2.75, 3.05) is 13.1 Å². The van der Waals surface area contributed by atoms with Gasteiger partial charge >= 0.3 is 12.1 Å². The topological polar surface area (TPSA) is 96.8 Å². The lowest BCUT2D eigenvalue weighted by molar-refractivity contribution is 0.0286. The molecule has 10 heteroatoms. The molecule has 0 aliphatic carbocycles. The summed E-state index contributed by atoms with van der Waals surface area (Å²) >= 11 is 4.29. The van der Waals surface area contributed by atoms with E-state index in [1.165, 1.54) is 15.2 Å². The molecular formula is C15H23N5O4S. The second-order valence-electron chi connectivity index (χ2n) is 6.83. The minimum absolute atomic E-state index is 0.158. The predicted octanol–water partition coefficient (Wildman–Crippen LogP) is 1.63. The highest BCUT2D eigenvalue weighted by Gasteiger charge is 2.33. The Bertz CT molecular complexity index is 669. The third-order valence-electron chi connectivity index (χ3n) is 3.61. The first kappa shape index (κ1) is 19.3. The minimum atomic E-state index is -0.556. The SMILES string of the molecule is Cc1nc(C=O)cn1C(=O)NN(S)C1CCN(C(=O)OC(C)(C)C)C1. The van der Waals surface area contributed by atoms with Gasteiger partial charge in [-0.05, 0) is 34.1 Å². The molecule has 0 radical (unpaired) electrons. The number of nitrogens with one attached hydrogen (secondary N) is 1. The first-order chi connectivity index (χ1) is 11.6. The van der Waals surface area contributed by atoms with Crippen molar-refractivity contribution >= 4 is 31.2 Å². The molecule has 1 N–H and O–H groups in total. The maximum absolute atomic E-state index is 12.3. The highest BCUT2D eigenvalue weighted by atomic mass is 32.1. The van der Waals surface area contributed by atoms with Crippen molar-refractivity contribution in [2.24, 2.45) is 0 Å². The molecule has 1 fully saturated rings. The lowest BCUT2D eigenvalue weighted by atomic mass is 10.2. The number of rotatable bonds is 3. The molecule has 2 heterocycles. The summed E-state index contributed by atoms with van der Waals surface area (Å²) < 4.78 is 7.94. The maximum Gasteiger partial charge on any atom is 0.410 e. The van der Waals surface area contributed by atoms with Gasteiger partial charge in [-0.1, -0.05) is 12.8 Å². The first-order valence-corrected chi connectivity index (χ1v) is 8.29. The fourth-order valence-corrected chi connectivity index (χ4v) is 2.71. The fourth-order valence-electron chi connectivity index (χ4n) is 2.43. The van der Waals surface area contributed by atoms with E-state index in [4.69, 9.17) is 4.74 Å². The molecular weight excluding hydrogens is 346 g/mol. The van der Waals surface area contributed by atoms with Gasteiger partial charge in [-0.15, -0.1) is 0 Å². The molecule has 1 unspecified atom stereocenters. The van der Waals surface area contributed by atoms with E-state index in [1.54, 1.807) is 11.8 Å². The van der Waals surface area contributed by atoms with Gasteiger partial charge in [-0.3, -0.25) is 14.8 Å². The Kier molecular flexibility index (Phi) is 5.73. The molecule has 9 nitrogen and oxygen atoms in total. The van der Waals surface area contributed by atoms with Gasteiger partial charge in [0.1, 0.15) is 17.1 Å². The van der Waals surface area contributed by atoms with E-state index in [0.717, 1.165) is 0 Å². The Morgan fingerprint density at radius 1 is 1.48 bits per heavy atom. The normalized spacial score (nSPS) is 17.7. The molecule has 25 heavy (non-hydrogen) atoms. The number of carbonyl (C=O) groups excluding carboxylic acids is 3. The van der Waals surface area contributed by atoms with Gasteiger partial charge in [-0.2, -0.15) is 4.41 Å². The Morgan fingerprint density at radius 3 is 2.72 bits per heavy atom. The lowest BCUT2D eigenvalue weighted by Crippen LogP contribution is -2.46. The monoisotopic (exact) mass is 369 g/mol. The quantitative estimate of drug-likeness (QED) is 0.478. The van der Waals surface area contributed by atoms with E-state index < -0.39 is 11.6 Å². The van der Waals surface area contributed by atoms with Crippen molar-refractivity contribution in [3.05, 3.63) is 17.7 Å². The summed E-state index contributed by atoms with van der Waals surface area (Å²) in [7, 11) is 0. The number of likely N-dealkylation sites (tertiary alicyclic amines) is 1. The molecule has 1 saturated heterocycles. The predicted molar refractivity (Wildman–Crippen MR) is 93.3 cm³/mol. The molecule has 138 valence electrons. The zero-order valence-corrected chi connectivity index (χ0v) is 15.6. The molecule has 1 aliphatic rings. The number of thiol groups is 1. The van der Waals surface area contributed by atoms with Crippen LogP contribution in [-0.4, -0.2) is 62.0 Å². The summed E-state index contributed by atoms with van der Waals surface area (Å²) in [6, 6.07) is -0.641. The van der Waals surface area contributed by atoms with E-state index >= 15 is 0 Å². The molecule has 1 aromatic rings. The number of imidazole rings is 1. The Labute approximate surface area is 151 Å². The van der Waals surface area contributed by atoms with Gasteiger partial charge in [0.2, 0.25) is 0 Å². The minimum Gasteiger partial charge on any atom is -0.444 e. The highest BCUT2D eigenvalue weighted by Crippen LogP contribution is 2.19. The number of carbonyl (C=O) groups is 3. The number of aryl methyl sites for hydroxylation is 1. The van der Waals surface area contributed by atoms with Crippen molar-refractivity contribution in [2.45, 2.75) is 45.8 Å². The van der Waals surface area contributed by atoms with E-state index in [2.05, 4.69) is 23.2 Å². The van der Waals surface area contributed by atoms with E-state index in [1.807, 2.05) is 20.8 Å². The Morgan fingerprint density at radius 2 is 2.16 bits per heavy atom. The number of hydrogen-bond acceptors (Lipinski definition) is 7. The third-order valence-corrected chi connectivity index (χ3v) is 4.04. The summed E-state index contributed by atoms with van der Waals surface area (Å²) in [4.78, 5) is 40.6. The largest absolute Gasteiger partial charge is 0.444 e. The van der Waals surface area contributed by atoms with Crippen LogP contribution in [0.3, 0.4) is 0 Å². The number of hydrogen-bond donors (Lipinski definition) is 2. The number of nitrogens with zero attached hydrogens (tertiary/aromatic N) is 4. The van der Waals surface area contributed by atoms with Crippen molar-refractivity contribution < 1.29 is 19.1 Å². The lowest BCUT2D eigenvalue weighted by Gasteiger charge is -2.26. The molecule has 1 aliphatic heterocycles. The van der Waals surface area contributed by atoms with E-state index in [0.29, 0.717) is 31.6 Å². The number of hydrazine groups is 1. The summed E-state index contributed by atoms with van der Waals surface area (Å²) in [5, 5.41) is 0. The Hall–Kier alpha value is -2.07. The summed E-state index contributed by atoms with van der Waals surface area (Å²) in [5.74, 6) is 0.392. The molecule has 0 spiro atoms. The molecule has 0 bridgehead atoms. The second kappa shape index (κ2) is 7.44. The zero-order chi connectivity index (χ0) is 18.8. The van der Waals surface area contributed by atoms with Gasteiger partial charge in [0.05, 0.1) is 6.04 Å². The van der Waals surface area contributed by atoms with Crippen LogP contribution in [-0.2, 0) is 4.74 Å². The number of amides is 2. The van der Waals surface area contributed by atoms with Gasteiger partial charge in [0, 0.05) is 19.3 Å². The van der Waals surface area contributed by atoms with Gasteiger partial charge in [0.15, 0.2) is 6.29 Å². The van der Waals surface area contributed by atoms with Crippen LogP contribution in [0.1, 0.15) is 43.5 Å². The third kappa shape index (κ3) is 4.95. The van der Waals surface area contributed by atoms with Crippen LogP contribution in [0.25, 0.3) is 0 Å². The summed E-state index contributed by atoms with van der Waals surface area (Å²) in [6.07, 6.45) is 2.18. The average Bonchev–Trinajstić information content (AvgIpc) is 3.11. The molecule has 0 saturated carbocycles. The van der Waals surface area contributed by atoms with Crippen LogP contribution in [0.4, 0.5) is 9.59 Å². The number of aromatic nitrogens is 2. The second-order valence-corrected chi connectivity index (χ2v) is 7.26. The highest BCUT2D eigenvalue weighted by molar-refractivity contribution is 7.77. The van der Waals surface area contributed by atoms with Crippen molar-refractivity contribution in [3.63, 3.8) is 0 Å². The molecule has 2 rings (SSSR count). The number of ether oxygens (including phenoxy) is 1. The van der Waals surface area contributed by atoms with Crippen LogP contribution < -0.4 is 5.43 Å². The summed E-state index contributed by atoms with van der Waals surface area (Å²) in [5.41, 5.74) is 2.23. The van der Waals surface area contributed by atoms with Crippen molar-refractivity contribution in [3.8, 4) is 0 Å². The van der Waals surface area contributed by atoms with E-state index in [9.17, 15) is 14.4 Å². The average molecular weight is 369 g/mol. The van der Waals surface area contributed by atoms with Crippen LogP contribution in [0.15, 0.2) is 6.20 Å². The number of aldehydes is 1. The Balaban J connectivity index is 1.92. The van der Waals surface area contributed by atoms with Crippen LogP contribution in [0, 0.1) is 6.92 Å². The van der Waals surface area contributed by atoms with Crippen LogP contribution in [0.5, 0.6) is 0 Å². The molecule has 0 aromatic carbocycles. The molecule has 2 amide bonds. The van der Waals surface area contributed by atoms with Gasteiger partial charge in [0.25, 0.3) is 0 Å². The van der Waals surface area contributed by atoms with Crippen molar-refractivity contribution in [1.29, 1.82) is 0 Å². The summed E-state index contributed by atoms with van der Waals surface area (Å²) in [6.45, 7) is 7.96. The van der Waals surface area contributed by atoms with Gasteiger partial charge in [-0.25, -0.2) is 14.6 Å². The van der Waals surface area contributed by atoms with Gasteiger partial charge < -0.3 is 9.64 Å². The fraction of sp³-hybridized carbons (Fsp3) is 0.600.